The van der Waals surface area contributed by atoms with Crippen LogP contribution in [0.25, 0.3) is 0 Å². The third-order valence-electron chi connectivity index (χ3n) is 14.1. The molecule has 0 fully saturated rings. The topological polar surface area (TPSA) is 95.9 Å². The summed E-state index contributed by atoms with van der Waals surface area (Å²) in [6.07, 6.45) is 66.3. The number of aliphatic hydroxyl groups is 2. The molecule has 392 valence electrons. The van der Waals surface area contributed by atoms with Crippen molar-refractivity contribution in [3.63, 3.8) is 0 Å². The molecule has 0 aliphatic carbocycles. The van der Waals surface area contributed by atoms with E-state index in [4.69, 9.17) is 4.74 Å². The van der Waals surface area contributed by atoms with Crippen LogP contribution in [0.1, 0.15) is 335 Å². The summed E-state index contributed by atoms with van der Waals surface area (Å²) >= 11 is 0. The Labute approximate surface area is 412 Å². The van der Waals surface area contributed by atoms with Crippen molar-refractivity contribution >= 4 is 11.9 Å². The van der Waals surface area contributed by atoms with Gasteiger partial charge in [0.15, 0.2) is 0 Å². The molecule has 0 aliphatic rings. The number of esters is 1. The number of nitrogens with one attached hydrogen (secondary N) is 1. The Morgan fingerprint density at radius 1 is 0.409 bits per heavy atom. The van der Waals surface area contributed by atoms with Crippen LogP contribution in [0.2, 0.25) is 0 Å². The van der Waals surface area contributed by atoms with Crippen LogP contribution in [0.5, 0.6) is 0 Å². The molecule has 0 aromatic carbocycles. The summed E-state index contributed by atoms with van der Waals surface area (Å²) in [4.78, 5) is 24.6. The van der Waals surface area contributed by atoms with E-state index in [1.165, 1.54) is 257 Å². The van der Waals surface area contributed by atoms with Gasteiger partial charge < -0.3 is 20.3 Å². The second kappa shape index (κ2) is 56.2. The Morgan fingerprint density at radius 2 is 0.712 bits per heavy atom. The van der Waals surface area contributed by atoms with Gasteiger partial charge in [-0.15, -0.1) is 0 Å². The van der Waals surface area contributed by atoms with Crippen molar-refractivity contribution < 1.29 is 24.5 Å². The second-order valence-corrected chi connectivity index (χ2v) is 20.7. The molecule has 1 amide bonds. The average Bonchev–Trinajstić information content (AvgIpc) is 3.32. The first kappa shape index (κ1) is 64.6. The predicted molar refractivity (Wildman–Crippen MR) is 287 cm³/mol. The maximum Gasteiger partial charge on any atom is 0.305 e. The van der Waals surface area contributed by atoms with Gasteiger partial charge in [-0.2, -0.15) is 0 Å². The monoisotopic (exact) mass is 932 g/mol. The van der Waals surface area contributed by atoms with Gasteiger partial charge >= 0.3 is 5.97 Å². The Bertz CT molecular complexity index is 986. The number of ether oxygens (including phenoxy) is 1. The number of unbranched alkanes of at least 4 members (excludes halogenated alkanes) is 43. The zero-order chi connectivity index (χ0) is 47.9. The fraction of sp³-hybridized carbons (Fsp3) is 0.933. The van der Waals surface area contributed by atoms with Gasteiger partial charge in [-0.25, -0.2) is 0 Å². The van der Waals surface area contributed by atoms with Crippen molar-refractivity contribution in [1.29, 1.82) is 0 Å². The smallest absolute Gasteiger partial charge is 0.305 e. The molecule has 3 N–H and O–H groups in total. The number of allylic oxidation sites excluding steroid dienone is 2. The zero-order valence-corrected chi connectivity index (χ0v) is 44.7. The van der Waals surface area contributed by atoms with Gasteiger partial charge in [0.25, 0.3) is 0 Å². The Hall–Kier alpha value is -1.40. The third kappa shape index (κ3) is 52.0. The zero-order valence-electron chi connectivity index (χ0n) is 44.7. The fourth-order valence-corrected chi connectivity index (χ4v) is 9.46. The van der Waals surface area contributed by atoms with E-state index in [0.717, 1.165) is 44.9 Å². The molecule has 0 saturated heterocycles. The van der Waals surface area contributed by atoms with Crippen LogP contribution in [0.15, 0.2) is 12.2 Å². The molecule has 0 heterocycles. The van der Waals surface area contributed by atoms with E-state index in [-0.39, 0.29) is 18.5 Å². The Balaban J connectivity index is 3.39. The van der Waals surface area contributed by atoms with Crippen LogP contribution in [0.4, 0.5) is 0 Å². The highest BCUT2D eigenvalue weighted by Gasteiger charge is 2.20. The number of rotatable bonds is 56. The molecule has 0 aliphatic heterocycles. The molecule has 0 rings (SSSR count). The van der Waals surface area contributed by atoms with Crippen molar-refractivity contribution in [3.05, 3.63) is 12.2 Å². The van der Waals surface area contributed by atoms with Crippen LogP contribution < -0.4 is 5.32 Å². The molecule has 6 nitrogen and oxygen atoms in total. The maximum absolute atomic E-state index is 12.5. The molecule has 0 aromatic rings. The first-order valence-corrected chi connectivity index (χ1v) is 29.9. The molecule has 0 radical (unpaired) electrons. The molecule has 0 spiro atoms. The third-order valence-corrected chi connectivity index (χ3v) is 14.1. The molecule has 6 heteroatoms. The average molecular weight is 933 g/mol. The number of hydrogen-bond donors (Lipinski definition) is 3. The van der Waals surface area contributed by atoms with Crippen molar-refractivity contribution in [1.82, 2.24) is 5.32 Å². The van der Waals surface area contributed by atoms with Crippen molar-refractivity contribution in [2.45, 2.75) is 347 Å². The molecule has 2 atom stereocenters. The van der Waals surface area contributed by atoms with Crippen LogP contribution in [0.3, 0.4) is 0 Å². The van der Waals surface area contributed by atoms with Gasteiger partial charge in [0.1, 0.15) is 0 Å². The summed E-state index contributed by atoms with van der Waals surface area (Å²) < 4.78 is 5.49. The number of hydrogen-bond acceptors (Lipinski definition) is 5. The standard InChI is InChI=1S/C60H117NO5/c1-3-5-7-9-11-13-15-17-19-20-23-26-30-34-38-42-46-50-54-60(65)66-55-51-47-43-39-35-31-27-24-21-22-25-29-33-37-41-45-49-53-59(64)61-57(56-62)58(63)52-48-44-40-36-32-28-18-16-14-12-10-8-6-4-2/h19-20,57-58,62-63H,3-18,21-56H2,1-2H3,(H,61,64)/b20-19-. The Morgan fingerprint density at radius 3 is 1.08 bits per heavy atom. The van der Waals surface area contributed by atoms with Crippen LogP contribution in [-0.4, -0.2) is 47.4 Å². The Kier molecular flexibility index (Phi) is 55.0. The highest BCUT2D eigenvalue weighted by molar-refractivity contribution is 5.76. The van der Waals surface area contributed by atoms with Gasteiger partial charge in [-0.05, 0) is 51.4 Å². The number of aliphatic hydroxyl groups excluding tert-OH is 2. The normalized spacial score (nSPS) is 12.6. The fourth-order valence-electron chi connectivity index (χ4n) is 9.46. The van der Waals surface area contributed by atoms with E-state index in [9.17, 15) is 19.8 Å². The summed E-state index contributed by atoms with van der Waals surface area (Å²) in [5.74, 6) is -0.0353. The molecule has 0 saturated carbocycles. The molecule has 2 unspecified atom stereocenters. The van der Waals surface area contributed by atoms with Gasteiger partial charge in [-0.1, -0.05) is 283 Å². The first-order chi connectivity index (χ1) is 32.5. The largest absolute Gasteiger partial charge is 0.466 e. The second-order valence-electron chi connectivity index (χ2n) is 20.7. The van der Waals surface area contributed by atoms with E-state index < -0.39 is 12.1 Å². The summed E-state index contributed by atoms with van der Waals surface area (Å²) in [5, 5.41) is 23.3. The molecule has 0 bridgehead atoms. The summed E-state index contributed by atoms with van der Waals surface area (Å²) in [7, 11) is 0. The molecule has 0 aromatic heterocycles. The van der Waals surface area contributed by atoms with Crippen molar-refractivity contribution in [2.75, 3.05) is 13.2 Å². The van der Waals surface area contributed by atoms with Crippen LogP contribution in [0, 0.1) is 0 Å². The quantitative estimate of drug-likeness (QED) is 0.0321. The van der Waals surface area contributed by atoms with Gasteiger partial charge in [0.05, 0.1) is 25.4 Å². The van der Waals surface area contributed by atoms with E-state index in [1.807, 2.05) is 0 Å². The maximum atomic E-state index is 12.5. The minimum absolute atomic E-state index is 0.00319. The highest BCUT2D eigenvalue weighted by Crippen LogP contribution is 2.18. The first-order valence-electron chi connectivity index (χ1n) is 29.9. The highest BCUT2D eigenvalue weighted by atomic mass is 16.5. The molecular weight excluding hydrogens is 815 g/mol. The molecule has 66 heavy (non-hydrogen) atoms. The van der Waals surface area contributed by atoms with E-state index in [1.54, 1.807) is 0 Å². The summed E-state index contributed by atoms with van der Waals surface area (Å²) in [5.41, 5.74) is 0. The summed E-state index contributed by atoms with van der Waals surface area (Å²) in [6, 6.07) is -0.544. The van der Waals surface area contributed by atoms with Crippen molar-refractivity contribution in [2.24, 2.45) is 0 Å². The van der Waals surface area contributed by atoms with E-state index >= 15 is 0 Å². The minimum Gasteiger partial charge on any atom is -0.466 e. The van der Waals surface area contributed by atoms with Gasteiger partial charge in [0, 0.05) is 12.8 Å². The predicted octanol–water partition coefficient (Wildman–Crippen LogP) is 18.5. The lowest BCUT2D eigenvalue weighted by atomic mass is 10.0. The van der Waals surface area contributed by atoms with E-state index in [2.05, 4.69) is 31.3 Å². The van der Waals surface area contributed by atoms with Gasteiger partial charge in [0.2, 0.25) is 5.91 Å². The number of carbonyl (C=O) groups excluding carboxylic acids is 2. The minimum atomic E-state index is -0.667. The van der Waals surface area contributed by atoms with Crippen LogP contribution in [-0.2, 0) is 14.3 Å². The van der Waals surface area contributed by atoms with Gasteiger partial charge in [-0.3, -0.25) is 9.59 Å². The van der Waals surface area contributed by atoms with Crippen LogP contribution >= 0.6 is 0 Å². The lowest BCUT2D eigenvalue weighted by molar-refractivity contribution is -0.143. The lowest BCUT2D eigenvalue weighted by Gasteiger charge is -2.22. The number of amides is 1. The SMILES string of the molecule is CCCCCCCCC/C=C\CCCCCCCCCC(=O)OCCCCCCCCCCCCCCCCCCCC(=O)NC(CO)C(O)CCCCCCCCCCCCCCCC. The van der Waals surface area contributed by atoms with E-state index in [0.29, 0.717) is 25.9 Å². The summed E-state index contributed by atoms with van der Waals surface area (Å²) in [6.45, 7) is 4.96. The number of carbonyl (C=O) groups is 2. The molecular formula is C60H117NO5. The lowest BCUT2D eigenvalue weighted by Crippen LogP contribution is -2.45. The van der Waals surface area contributed by atoms with Crippen molar-refractivity contribution in [3.8, 4) is 0 Å².